The molecule has 0 saturated carbocycles. The van der Waals surface area contributed by atoms with Gasteiger partial charge in [-0.3, -0.25) is 9.78 Å². The molecule has 8 N–H and O–H groups in total. The van der Waals surface area contributed by atoms with Crippen LogP contribution >= 0.6 is 0 Å². The van der Waals surface area contributed by atoms with Crippen molar-refractivity contribution in [3.8, 4) is 0 Å². The van der Waals surface area contributed by atoms with Crippen LogP contribution in [0, 0.1) is 16.7 Å². The van der Waals surface area contributed by atoms with E-state index >= 15 is 0 Å². The Morgan fingerprint density at radius 3 is 2.79 bits per heavy atom. The summed E-state index contributed by atoms with van der Waals surface area (Å²) in [4.78, 5) is 30.0. The lowest BCUT2D eigenvalue weighted by molar-refractivity contribution is -0.121. The molecule has 1 aromatic rings. The van der Waals surface area contributed by atoms with E-state index in [1.807, 2.05) is 6.07 Å². The van der Waals surface area contributed by atoms with Crippen molar-refractivity contribution >= 4 is 17.3 Å². The summed E-state index contributed by atoms with van der Waals surface area (Å²) in [7, 11) is 1.58. The number of nitrogens with two attached hydrogens (primary N) is 2. The second kappa shape index (κ2) is 10.0. The molecular formula is C17H29N9O3. The molecule has 3 heterocycles. The molecule has 2 fully saturated rings. The number of carbonyl (C=O) groups is 1. The molecular weight excluding hydrogens is 378 g/mol. The summed E-state index contributed by atoms with van der Waals surface area (Å²) in [6.45, 7) is 2.14. The van der Waals surface area contributed by atoms with Crippen LogP contribution in [-0.4, -0.2) is 56.3 Å². The first-order valence-electron chi connectivity index (χ1n) is 9.66. The van der Waals surface area contributed by atoms with Gasteiger partial charge in [-0.2, -0.15) is 0 Å². The number of anilines is 2. The first kappa shape index (κ1) is 21.5. The fourth-order valence-corrected chi connectivity index (χ4v) is 3.76. The van der Waals surface area contributed by atoms with Crippen LogP contribution in [0.5, 0.6) is 0 Å². The lowest BCUT2D eigenvalue weighted by Crippen LogP contribution is -2.53. The third-order valence-corrected chi connectivity index (χ3v) is 5.46. The van der Waals surface area contributed by atoms with E-state index in [0.29, 0.717) is 18.3 Å². The van der Waals surface area contributed by atoms with E-state index in [-0.39, 0.29) is 6.23 Å². The molecule has 12 nitrogen and oxygen atoms in total. The Labute approximate surface area is 169 Å². The SMILES string of the molecule is CNC(N)C(C(=O)Nc1cnccc1N1CCC(C2NNCO2)CC1)C(N)N=O. The number of amides is 1. The Kier molecular flexibility index (Phi) is 7.41. The zero-order valence-corrected chi connectivity index (χ0v) is 16.4. The van der Waals surface area contributed by atoms with Crippen molar-refractivity contribution in [3.05, 3.63) is 23.4 Å². The average Bonchev–Trinajstić information content (AvgIpc) is 3.29. The quantitative estimate of drug-likeness (QED) is 0.227. The highest BCUT2D eigenvalue weighted by Gasteiger charge is 2.33. The van der Waals surface area contributed by atoms with Crippen molar-refractivity contribution in [1.82, 2.24) is 21.2 Å². The summed E-state index contributed by atoms with van der Waals surface area (Å²) in [5, 5.41) is 8.34. The third-order valence-electron chi connectivity index (χ3n) is 5.46. The average molecular weight is 407 g/mol. The van der Waals surface area contributed by atoms with Crippen molar-refractivity contribution in [2.24, 2.45) is 28.5 Å². The Bertz CT molecular complexity index is 692. The normalized spacial score (nSPS) is 23.4. The van der Waals surface area contributed by atoms with Crippen LogP contribution < -0.4 is 37.9 Å². The van der Waals surface area contributed by atoms with Gasteiger partial charge in [-0.05, 0) is 26.0 Å². The van der Waals surface area contributed by atoms with Gasteiger partial charge in [0, 0.05) is 25.2 Å². The molecule has 1 aromatic heterocycles. The molecule has 160 valence electrons. The molecule has 4 unspecified atom stereocenters. The van der Waals surface area contributed by atoms with Gasteiger partial charge < -0.3 is 31.7 Å². The van der Waals surface area contributed by atoms with E-state index in [0.717, 1.165) is 31.6 Å². The molecule has 3 rings (SSSR count). The van der Waals surface area contributed by atoms with Crippen LogP contribution in [-0.2, 0) is 9.53 Å². The fourth-order valence-electron chi connectivity index (χ4n) is 3.76. The molecule has 29 heavy (non-hydrogen) atoms. The Hall–Kier alpha value is -2.22. The molecule has 0 radical (unpaired) electrons. The number of hydrogen-bond acceptors (Lipinski definition) is 11. The number of hydrogen-bond donors (Lipinski definition) is 6. The van der Waals surface area contributed by atoms with Crippen molar-refractivity contribution in [1.29, 1.82) is 0 Å². The van der Waals surface area contributed by atoms with Crippen molar-refractivity contribution in [3.63, 3.8) is 0 Å². The molecule has 0 aromatic carbocycles. The predicted octanol–water partition coefficient (Wildman–Crippen LogP) is -1.18. The van der Waals surface area contributed by atoms with Gasteiger partial charge >= 0.3 is 0 Å². The molecule has 0 spiro atoms. The van der Waals surface area contributed by atoms with Crippen molar-refractivity contribution in [2.45, 2.75) is 31.4 Å². The number of nitroso groups, excluding NO2 is 1. The first-order chi connectivity index (χ1) is 14.0. The first-order valence-corrected chi connectivity index (χ1v) is 9.66. The van der Waals surface area contributed by atoms with Crippen molar-refractivity contribution in [2.75, 3.05) is 37.1 Å². The summed E-state index contributed by atoms with van der Waals surface area (Å²) in [6, 6.07) is 1.85. The van der Waals surface area contributed by atoms with Gasteiger partial charge in [-0.15, -0.1) is 4.91 Å². The van der Waals surface area contributed by atoms with Crippen LogP contribution in [0.4, 0.5) is 11.4 Å². The molecule has 0 aliphatic carbocycles. The van der Waals surface area contributed by atoms with E-state index in [9.17, 15) is 9.70 Å². The van der Waals surface area contributed by atoms with Gasteiger partial charge in [0.15, 0.2) is 6.17 Å². The molecule has 0 bridgehead atoms. The fraction of sp³-hybridized carbons (Fsp3) is 0.647. The monoisotopic (exact) mass is 407 g/mol. The second-order valence-corrected chi connectivity index (χ2v) is 7.20. The molecule has 1 amide bonds. The van der Waals surface area contributed by atoms with E-state index in [1.165, 1.54) is 0 Å². The number of aromatic nitrogens is 1. The summed E-state index contributed by atoms with van der Waals surface area (Å²) in [5.41, 5.74) is 19.1. The topological polar surface area (TPSA) is 172 Å². The maximum Gasteiger partial charge on any atom is 0.234 e. The van der Waals surface area contributed by atoms with Crippen molar-refractivity contribution < 1.29 is 9.53 Å². The number of piperidine rings is 1. The summed E-state index contributed by atoms with van der Waals surface area (Å²) >= 11 is 0. The highest BCUT2D eigenvalue weighted by atomic mass is 16.5. The van der Waals surface area contributed by atoms with E-state index in [2.05, 4.69) is 36.5 Å². The zero-order chi connectivity index (χ0) is 20.8. The Balaban J connectivity index is 1.68. The molecule has 2 saturated heterocycles. The lowest BCUT2D eigenvalue weighted by atomic mass is 9.94. The number of rotatable bonds is 8. The standard InChI is InChI=1S/C17H29N9O3/c1-20-14(18)13(15(19)25-28)16(27)23-11-8-21-5-2-12(11)26-6-3-10(4-7-26)17-24-22-9-29-17/h2,5,8,10,13-15,17,20,22,24H,3-4,6-7,9,18-19H2,1H3,(H,23,27). The Morgan fingerprint density at radius 2 is 2.17 bits per heavy atom. The van der Waals surface area contributed by atoms with Gasteiger partial charge in [0.25, 0.3) is 0 Å². The van der Waals surface area contributed by atoms with E-state index in [4.69, 9.17) is 16.2 Å². The van der Waals surface area contributed by atoms with Crippen LogP contribution in [0.3, 0.4) is 0 Å². The van der Waals surface area contributed by atoms with Gasteiger partial charge in [-0.25, -0.2) is 10.9 Å². The smallest absolute Gasteiger partial charge is 0.234 e. The summed E-state index contributed by atoms with van der Waals surface area (Å²) in [5.74, 6) is -1.09. The predicted molar refractivity (Wildman–Crippen MR) is 108 cm³/mol. The number of carbonyl (C=O) groups excluding carboxylic acids is 1. The highest BCUT2D eigenvalue weighted by molar-refractivity contribution is 5.96. The van der Waals surface area contributed by atoms with E-state index < -0.39 is 24.2 Å². The maximum absolute atomic E-state index is 12.8. The van der Waals surface area contributed by atoms with Crippen LogP contribution in [0.2, 0.25) is 0 Å². The zero-order valence-electron chi connectivity index (χ0n) is 16.4. The van der Waals surface area contributed by atoms with Gasteiger partial charge in [0.1, 0.15) is 18.9 Å². The summed E-state index contributed by atoms with van der Waals surface area (Å²) < 4.78 is 5.63. The Morgan fingerprint density at radius 1 is 1.41 bits per heavy atom. The van der Waals surface area contributed by atoms with Crippen LogP contribution in [0.25, 0.3) is 0 Å². The second-order valence-electron chi connectivity index (χ2n) is 7.20. The van der Waals surface area contributed by atoms with Crippen LogP contribution in [0.15, 0.2) is 23.6 Å². The third kappa shape index (κ3) is 5.04. The highest BCUT2D eigenvalue weighted by Crippen LogP contribution is 2.31. The lowest BCUT2D eigenvalue weighted by Gasteiger charge is -2.36. The molecule has 4 atom stereocenters. The maximum atomic E-state index is 12.8. The van der Waals surface area contributed by atoms with Gasteiger partial charge in [0.2, 0.25) is 5.91 Å². The van der Waals surface area contributed by atoms with E-state index in [1.54, 1.807) is 19.4 Å². The number of nitrogens with one attached hydrogen (secondary N) is 4. The largest absolute Gasteiger partial charge is 0.370 e. The van der Waals surface area contributed by atoms with Gasteiger partial charge in [0.05, 0.1) is 23.7 Å². The molecule has 2 aliphatic heterocycles. The van der Waals surface area contributed by atoms with Gasteiger partial charge in [-0.1, -0.05) is 5.18 Å². The molecule has 12 heteroatoms. The summed E-state index contributed by atoms with van der Waals surface area (Å²) in [6.07, 6.45) is 3.09. The minimum Gasteiger partial charge on any atom is -0.370 e. The number of hydrazine groups is 1. The number of pyridine rings is 1. The minimum absolute atomic E-state index is 0.0230. The number of ether oxygens (including phenoxy) is 1. The molecule has 2 aliphatic rings. The number of nitrogens with zero attached hydrogens (tertiary/aromatic N) is 3. The van der Waals surface area contributed by atoms with Crippen LogP contribution in [0.1, 0.15) is 12.8 Å². The minimum atomic E-state index is -1.26.